The van der Waals surface area contributed by atoms with E-state index >= 15 is 0 Å². The van der Waals surface area contributed by atoms with Crippen LogP contribution in [0.2, 0.25) is 0 Å². The maximum Gasteiger partial charge on any atom is 0.243 e. The van der Waals surface area contributed by atoms with E-state index in [0.29, 0.717) is 10.6 Å². The average molecular weight is 282 g/mol. The zero-order chi connectivity index (χ0) is 14.2. The number of rotatable bonds is 3. The lowest BCUT2D eigenvalue weighted by Gasteiger charge is -2.24. The van der Waals surface area contributed by atoms with Crippen LogP contribution in [0.15, 0.2) is 17.0 Å². The molecule has 0 unspecified atom stereocenters. The zero-order valence-corrected chi connectivity index (χ0v) is 12.6. The van der Waals surface area contributed by atoms with Gasteiger partial charge in [-0.25, -0.2) is 8.42 Å². The van der Waals surface area contributed by atoms with Gasteiger partial charge >= 0.3 is 0 Å². The van der Waals surface area contributed by atoms with Gasteiger partial charge in [0.2, 0.25) is 10.0 Å². The summed E-state index contributed by atoms with van der Waals surface area (Å²) in [5, 5.41) is 0. The number of aryl methyl sites for hydroxylation is 1. The van der Waals surface area contributed by atoms with Gasteiger partial charge in [0.05, 0.1) is 4.90 Å². The van der Waals surface area contributed by atoms with E-state index in [4.69, 9.17) is 5.73 Å². The smallest absolute Gasteiger partial charge is 0.243 e. The molecule has 1 aliphatic rings. The van der Waals surface area contributed by atoms with Crippen molar-refractivity contribution in [3.8, 4) is 0 Å². The van der Waals surface area contributed by atoms with E-state index in [0.717, 1.165) is 36.8 Å². The van der Waals surface area contributed by atoms with Crippen molar-refractivity contribution < 1.29 is 8.42 Å². The maximum absolute atomic E-state index is 12.6. The minimum absolute atomic E-state index is 0.132. The highest BCUT2D eigenvalue weighted by atomic mass is 32.2. The van der Waals surface area contributed by atoms with Gasteiger partial charge in [0.15, 0.2) is 0 Å². The van der Waals surface area contributed by atoms with Gasteiger partial charge in [0.25, 0.3) is 0 Å². The Morgan fingerprint density at radius 3 is 2.32 bits per heavy atom. The number of anilines is 1. The third kappa shape index (κ3) is 2.62. The Morgan fingerprint density at radius 1 is 1.21 bits per heavy atom. The van der Waals surface area contributed by atoms with Gasteiger partial charge in [-0.3, -0.25) is 0 Å². The Balaban J connectivity index is 2.39. The summed E-state index contributed by atoms with van der Waals surface area (Å²) >= 11 is 0. The van der Waals surface area contributed by atoms with Crippen LogP contribution in [-0.2, 0) is 10.0 Å². The third-order valence-corrected chi connectivity index (χ3v) is 6.08. The van der Waals surface area contributed by atoms with Crippen LogP contribution in [0, 0.1) is 13.8 Å². The summed E-state index contributed by atoms with van der Waals surface area (Å²) in [6, 6.07) is 3.42. The molecule has 5 heteroatoms. The van der Waals surface area contributed by atoms with Crippen molar-refractivity contribution in [3.05, 3.63) is 23.3 Å². The van der Waals surface area contributed by atoms with Gasteiger partial charge in [-0.05, 0) is 49.9 Å². The molecule has 1 aromatic carbocycles. The molecule has 2 N–H and O–H groups in total. The van der Waals surface area contributed by atoms with Crippen molar-refractivity contribution in [3.63, 3.8) is 0 Å². The van der Waals surface area contributed by atoms with Crippen molar-refractivity contribution in [1.29, 1.82) is 0 Å². The molecular weight excluding hydrogens is 260 g/mol. The largest absolute Gasteiger partial charge is 0.398 e. The van der Waals surface area contributed by atoms with Crippen LogP contribution in [0.3, 0.4) is 0 Å². The van der Waals surface area contributed by atoms with E-state index in [2.05, 4.69) is 0 Å². The minimum atomic E-state index is -3.43. The highest BCUT2D eigenvalue weighted by Gasteiger charge is 2.30. The molecular formula is C14H22N2O2S. The average Bonchev–Trinajstić information content (AvgIpc) is 2.87. The minimum Gasteiger partial charge on any atom is -0.398 e. The summed E-state index contributed by atoms with van der Waals surface area (Å²) < 4.78 is 26.7. The van der Waals surface area contributed by atoms with Crippen LogP contribution < -0.4 is 5.73 Å². The molecule has 0 saturated heterocycles. The lowest BCUT2D eigenvalue weighted by Crippen LogP contribution is -2.35. The molecule has 0 bridgehead atoms. The summed E-state index contributed by atoms with van der Waals surface area (Å²) in [5.74, 6) is 0. The van der Waals surface area contributed by atoms with Crippen LogP contribution in [-0.4, -0.2) is 25.8 Å². The summed E-state index contributed by atoms with van der Waals surface area (Å²) in [6.07, 6.45) is 4.13. The molecule has 1 saturated carbocycles. The van der Waals surface area contributed by atoms with Crippen LogP contribution >= 0.6 is 0 Å². The molecule has 1 fully saturated rings. The standard InChI is InChI=1S/C14H22N2O2S/c1-10-8-13(9-14(15)11(10)2)19(17,18)16(3)12-6-4-5-7-12/h8-9,12H,4-7,15H2,1-3H3. The first-order valence-electron chi connectivity index (χ1n) is 6.69. The van der Waals surface area contributed by atoms with E-state index in [-0.39, 0.29) is 6.04 Å². The zero-order valence-electron chi connectivity index (χ0n) is 11.8. The van der Waals surface area contributed by atoms with Gasteiger partial charge in [0.1, 0.15) is 0 Å². The fourth-order valence-corrected chi connectivity index (χ4v) is 4.17. The number of benzene rings is 1. The first-order valence-corrected chi connectivity index (χ1v) is 8.13. The van der Waals surface area contributed by atoms with Gasteiger partial charge in [-0.1, -0.05) is 12.8 Å². The van der Waals surface area contributed by atoms with E-state index in [1.54, 1.807) is 19.2 Å². The van der Waals surface area contributed by atoms with Crippen molar-refractivity contribution in [2.24, 2.45) is 0 Å². The molecule has 106 valence electrons. The summed E-state index contributed by atoms with van der Waals surface area (Å²) in [6.45, 7) is 3.79. The van der Waals surface area contributed by atoms with Crippen LogP contribution in [0.4, 0.5) is 5.69 Å². The molecule has 2 rings (SSSR count). The highest BCUT2D eigenvalue weighted by molar-refractivity contribution is 7.89. The van der Waals surface area contributed by atoms with Gasteiger partial charge in [-0.2, -0.15) is 4.31 Å². The fraction of sp³-hybridized carbons (Fsp3) is 0.571. The molecule has 0 heterocycles. The summed E-state index contributed by atoms with van der Waals surface area (Å²) in [7, 11) is -1.75. The molecule has 1 aliphatic carbocycles. The first kappa shape index (κ1) is 14.3. The number of nitrogens with two attached hydrogens (primary N) is 1. The Hall–Kier alpha value is -1.07. The first-order chi connectivity index (χ1) is 8.84. The molecule has 1 aromatic rings. The molecule has 0 aromatic heterocycles. The molecule has 0 amide bonds. The normalized spacial score (nSPS) is 17.3. The Kier molecular flexibility index (Phi) is 3.87. The highest BCUT2D eigenvalue weighted by Crippen LogP contribution is 2.29. The van der Waals surface area contributed by atoms with Gasteiger partial charge in [0, 0.05) is 18.8 Å². The molecule has 0 spiro atoms. The van der Waals surface area contributed by atoms with Crippen molar-refractivity contribution >= 4 is 15.7 Å². The number of hydrogen-bond acceptors (Lipinski definition) is 3. The monoisotopic (exact) mass is 282 g/mol. The van der Waals surface area contributed by atoms with E-state index in [1.807, 2.05) is 13.8 Å². The van der Waals surface area contributed by atoms with Gasteiger partial charge in [-0.15, -0.1) is 0 Å². The second kappa shape index (κ2) is 5.13. The topological polar surface area (TPSA) is 63.4 Å². The number of sulfonamides is 1. The van der Waals surface area contributed by atoms with Crippen LogP contribution in [0.25, 0.3) is 0 Å². The maximum atomic E-state index is 12.6. The second-order valence-corrected chi connectivity index (χ2v) is 7.41. The SMILES string of the molecule is Cc1cc(S(=O)(=O)N(C)C2CCCC2)cc(N)c1C. The van der Waals surface area contributed by atoms with Gasteiger partial charge < -0.3 is 5.73 Å². The van der Waals surface area contributed by atoms with Crippen molar-refractivity contribution in [2.75, 3.05) is 12.8 Å². The molecule has 0 radical (unpaired) electrons. The number of nitrogen functional groups attached to an aromatic ring is 1. The van der Waals surface area contributed by atoms with E-state index in [1.165, 1.54) is 4.31 Å². The Morgan fingerprint density at radius 2 is 1.79 bits per heavy atom. The molecule has 0 aliphatic heterocycles. The number of nitrogens with zero attached hydrogens (tertiary/aromatic N) is 1. The lowest BCUT2D eigenvalue weighted by atomic mass is 10.1. The Bertz CT molecular complexity index is 552. The summed E-state index contributed by atoms with van der Waals surface area (Å²) in [4.78, 5) is 0.308. The molecule has 0 atom stereocenters. The van der Waals surface area contributed by atoms with E-state index in [9.17, 15) is 8.42 Å². The van der Waals surface area contributed by atoms with Crippen LogP contribution in [0.1, 0.15) is 36.8 Å². The lowest BCUT2D eigenvalue weighted by molar-refractivity contribution is 0.373. The summed E-state index contributed by atoms with van der Waals surface area (Å²) in [5.41, 5.74) is 8.29. The fourth-order valence-electron chi connectivity index (χ4n) is 2.63. The predicted molar refractivity (Wildman–Crippen MR) is 77.5 cm³/mol. The third-order valence-electron chi connectivity index (χ3n) is 4.20. The van der Waals surface area contributed by atoms with E-state index < -0.39 is 10.0 Å². The van der Waals surface area contributed by atoms with Crippen LogP contribution in [0.5, 0.6) is 0 Å². The predicted octanol–water partition coefficient (Wildman–Crippen LogP) is 2.45. The molecule has 4 nitrogen and oxygen atoms in total. The van der Waals surface area contributed by atoms with Crippen molar-refractivity contribution in [2.45, 2.75) is 50.5 Å². The quantitative estimate of drug-likeness (QED) is 0.866. The molecule has 19 heavy (non-hydrogen) atoms. The Labute approximate surface area is 115 Å². The van der Waals surface area contributed by atoms with Crippen molar-refractivity contribution in [1.82, 2.24) is 4.31 Å². The number of hydrogen-bond donors (Lipinski definition) is 1. The second-order valence-electron chi connectivity index (χ2n) is 5.41.